The summed E-state index contributed by atoms with van der Waals surface area (Å²) < 4.78 is 41.6. The molecule has 1 atom stereocenters. The first-order valence-corrected chi connectivity index (χ1v) is 8.16. The van der Waals surface area contributed by atoms with Crippen molar-refractivity contribution in [3.8, 4) is 0 Å². The highest BCUT2D eigenvalue weighted by atomic mass is 19.3. The van der Waals surface area contributed by atoms with Crippen LogP contribution in [-0.2, 0) is 12.3 Å². The maximum absolute atomic E-state index is 14.3. The monoisotopic (exact) mass is 313 g/mol. The van der Waals surface area contributed by atoms with Crippen molar-refractivity contribution in [3.63, 3.8) is 0 Å². The van der Waals surface area contributed by atoms with Crippen molar-refractivity contribution in [2.24, 2.45) is 11.7 Å². The molecular formula is C18H26F3N. The summed E-state index contributed by atoms with van der Waals surface area (Å²) in [5.41, 5.74) is 6.74. The van der Waals surface area contributed by atoms with E-state index in [2.05, 4.69) is 0 Å². The molecule has 0 heterocycles. The Balaban J connectivity index is 2.14. The molecule has 0 spiro atoms. The van der Waals surface area contributed by atoms with Crippen LogP contribution in [0.3, 0.4) is 0 Å². The number of hydrogen-bond donors (Lipinski definition) is 1. The van der Waals surface area contributed by atoms with Gasteiger partial charge in [0.2, 0.25) is 0 Å². The maximum atomic E-state index is 14.3. The summed E-state index contributed by atoms with van der Waals surface area (Å²) in [6.07, 6.45) is 4.85. The van der Waals surface area contributed by atoms with Crippen LogP contribution in [0.15, 0.2) is 12.1 Å². The fourth-order valence-electron chi connectivity index (χ4n) is 2.89. The summed E-state index contributed by atoms with van der Waals surface area (Å²) in [5.74, 6) is -3.39. The number of alkyl halides is 2. The average molecular weight is 313 g/mol. The molecule has 124 valence electrons. The Morgan fingerprint density at radius 2 is 1.91 bits per heavy atom. The van der Waals surface area contributed by atoms with Crippen LogP contribution < -0.4 is 5.73 Å². The Morgan fingerprint density at radius 1 is 1.27 bits per heavy atom. The number of benzene rings is 1. The van der Waals surface area contributed by atoms with Crippen molar-refractivity contribution in [1.82, 2.24) is 0 Å². The lowest BCUT2D eigenvalue weighted by molar-refractivity contribution is 0.0135. The smallest absolute Gasteiger partial charge is 0.273 e. The van der Waals surface area contributed by atoms with Gasteiger partial charge in [0.25, 0.3) is 5.92 Å². The quantitative estimate of drug-likeness (QED) is 0.743. The molecule has 4 heteroatoms. The topological polar surface area (TPSA) is 26.0 Å². The van der Waals surface area contributed by atoms with Gasteiger partial charge in [-0.3, -0.25) is 0 Å². The molecule has 0 aliphatic heterocycles. The second-order valence-electron chi connectivity index (χ2n) is 6.98. The fraction of sp³-hybridized carbons (Fsp3) is 0.667. The van der Waals surface area contributed by atoms with Gasteiger partial charge < -0.3 is 5.73 Å². The molecule has 1 aliphatic carbocycles. The average Bonchev–Trinajstić information content (AvgIpc) is 3.22. The lowest BCUT2D eigenvalue weighted by Crippen LogP contribution is -2.22. The van der Waals surface area contributed by atoms with E-state index in [9.17, 15) is 13.2 Å². The van der Waals surface area contributed by atoms with Crippen LogP contribution in [0.25, 0.3) is 0 Å². The summed E-state index contributed by atoms with van der Waals surface area (Å²) in [6.45, 7) is 4.40. The van der Waals surface area contributed by atoms with E-state index >= 15 is 0 Å². The zero-order valence-electron chi connectivity index (χ0n) is 13.6. The SMILES string of the molecule is CC(C)c1cc(CCC[C@@H](N)C2CC2)cc(C(C)(F)F)c1F. The van der Waals surface area contributed by atoms with Gasteiger partial charge in [0.1, 0.15) is 5.82 Å². The van der Waals surface area contributed by atoms with Crippen molar-refractivity contribution in [1.29, 1.82) is 0 Å². The maximum Gasteiger partial charge on any atom is 0.273 e. The molecule has 1 aliphatic rings. The molecule has 0 amide bonds. The van der Waals surface area contributed by atoms with Crippen LogP contribution >= 0.6 is 0 Å². The molecule has 22 heavy (non-hydrogen) atoms. The predicted molar refractivity (Wildman–Crippen MR) is 83.7 cm³/mol. The lowest BCUT2D eigenvalue weighted by atomic mass is 9.92. The second-order valence-corrected chi connectivity index (χ2v) is 6.98. The van der Waals surface area contributed by atoms with Crippen LogP contribution in [0.1, 0.15) is 69.1 Å². The molecule has 1 fully saturated rings. The summed E-state index contributed by atoms with van der Waals surface area (Å²) >= 11 is 0. The Bertz CT molecular complexity index is 516. The minimum atomic E-state index is -3.16. The molecule has 1 aromatic rings. The summed E-state index contributed by atoms with van der Waals surface area (Å²) in [5, 5.41) is 0. The van der Waals surface area contributed by atoms with E-state index < -0.39 is 17.3 Å². The molecule has 1 aromatic carbocycles. The Morgan fingerprint density at radius 3 is 2.41 bits per heavy atom. The minimum Gasteiger partial charge on any atom is -0.327 e. The Kier molecular flexibility index (Phi) is 5.21. The molecule has 2 rings (SSSR count). The van der Waals surface area contributed by atoms with E-state index in [-0.39, 0.29) is 12.0 Å². The third-order valence-corrected chi connectivity index (χ3v) is 4.49. The normalized spacial score (nSPS) is 17.1. The third kappa shape index (κ3) is 4.25. The highest BCUT2D eigenvalue weighted by molar-refractivity contribution is 5.36. The van der Waals surface area contributed by atoms with Crippen molar-refractivity contribution in [2.75, 3.05) is 0 Å². The van der Waals surface area contributed by atoms with E-state index in [0.717, 1.165) is 25.3 Å². The first kappa shape index (κ1) is 17.3. The largest absolute Gasteiger partial charge is 0.327 e. The zero-order chi connectivity index (χ0) is 16.5. The van der Waals surface area contributed by atoms with E-state index in [1.54, 1.807) is 6.07 Å². The van der Waals surface area contributed by atoms with Gasteiger partial charge in [0, 0.05) is 13.0 Å². The van der Waals surface area contributed by atoms with Gasteiger partial charge in [-0.15, -0.1) is 0 Å². The van der Waals surface area contributed by atoms with Crippen LogP contribution in [0.5, 0.6) is 0 Å². The number of halogens is 3. The molecule has 0 unspecified atom stereocenters. The summed E-state index contributed by atoms with van der Waals surface area (Å²) in [6, 6.07) is 3.28. The lowest BCUT2D eigenvalue weighted by Gasteiger charge is -2.18. The van der Waals surface area contributed by atoms with E-state index in [4.69, 9.17) is 5.73 Å². The van der Waals surface area contributed by atoms with Gasteiger partial charge in [-0.2, -0.15) is 0 Å². The van der Waals surface area contributed by atoms with Crippen LogP contribution in [0.2, 0.25) is 0 Å². The summed E-state index contributed by atoms with van der Waals surface area (Å²) in [7, 11) is 0. The van der Waals surface area contributed by atoms with Gasteiger partial charge >= 0.3 is 0 Å². The molecular weight excluding hydrogens is 287 g/mol. The van der Waals surface area contributed by atoms with E-state index in [1.807, 2.05) is 13.8 Å². The molecule has 0 radical (unpaired) electrons. The van der Waals surface area contributed by atoms with Crippen LogP contribution in [0.4, 0.5) is 13.2 Å². The standard InChI is InChI=1S/C18H26F3N/c1-11(2)14-9-12(5-4-6-16(22)13-7-8-13)10-15(17(14)19)18(3,20)21/h9-11,13,16H,4-8,22H2,1-3H3/t16-/m1/s1. The fourth-order valence-corrected chi connectivity index (χ4v) is 2.89. The summed E-state index contributed by atoms with van der Waals surface area (Å²) in [4.78, 5) is 0. The number of hydrogen-bond acceptors (Lipinski definition) is 1. The first-order chi connectivity index (χ1) is 10.2. The molecule has 1 saturated carbocycles. The van der Waals surface area contributed by atoms with Crippen LogP contribution in [-0.4, -0.2) is 6.04 Å². The number of nitrogens with two attached hydrogens (primary N) is 1. The molecule has 0 bridgehead atoms. The van der Waals surface area contributed by atoms with Crippen molar-refractivity contribution >= 4 is 0 Å². The predicted octanol–water partition coefficient (Wildman–Crippen LogP) is 5.12. The molecule has 2 N–H and O–H groups in total. The van der Waals surface area contributed by atoms with Crippen molar-refractivity contribution in [2.45, 2.75) is 70.8 Å². The van der Waals surface area contributed by atoms with Gasteiger partial charge in [-0.1, -0.05) is 19.9 Å². The van der Waals surface area contributed by atoms with Crippen molar-refractivity contribution < 1.29 is 13.2 Å². The van der Waals surface area contributed by atoms with E-state index in [1.165, 1.54) is 18.9 Å². The van der Waals surface area contributed by atoms with Gasteiger partial charge in [0.05, 0.1) is 5.56 Å². The van der Waals surface area contributed by atoms with E-state index in [0.29, 0.717) is 17.9 Å². The van der Waals surface area contributed by atoms with Crippen molar-refractivity contribution in [3.05, 3.63) is 34.6 Å². The van der Waals surface area contributed by atoms with Gasteiger partial charge in [0.15, 0.2) is 0 Å². The molecule has 0 saturated heterocycles. The zero-order valence-corrected chi connectivity index (χ0v) is 13.6. The third-order valence-electron chi connectivity index (χ3n) is 4.49. The molecule has 0 aromatic heterocycles. The first-order valence-electron chi connectivity index (χ1n) is 8.16. The van der Waals surface area contributed by atoms with Gasteiger partial charge in [-0.25, -0.2) is 13.2 Å². The Hall–Kier alpha value is -1.03. The second kappa shape index (κ2) is 6.61. The minimum absolute atomic E-state index is 0.116. The number of aryl methyl sites for hydroxylation is 1. The van der Waals surface area contributed by atoms with Gasteiger partial charge in [-0.05, 0) is 61.1 Å². The number of rotatable bonds is 7. The molecule has 1 nitrogen and oxygen atoms in total. The Labute approximate surface area is 131 Å². The van der Waals surface area contributed by atoms with Crippen LogP contribution in [0, 0.1) is 11.7 Å². The highest BCUT2D eigenvalue weighted by Crippen LogP contribution is 2.35. The highest BCUT2D eigenvalue weighted by Gasteiger charge is 2.31.